The van der Waals surface area contributed by atoms with Crippen molar-refractivity contribution in [3.05, 3.63) is 94.5 Å². The molecular weight excluding hydrogens is 604 g/mol. The van der Waals surface area contributed by atoms with Gasteiger partial charge >= 0.3 is 0 Å². The molecule has 2 heterocycles. The monoisotopic (exact) mass is 630 g/mol. The number of carbonyl (C=O) groups excluding carboxylic acids is 1. The quantitative estimate of drug-likeness (QED) is 0.0523. The molecule has 5 rings (SSSR count). The van der Waals surface area contributed by atoms with Crippen LogP contribution in [0.3, 0.4) is 0 Å². The summed E-state index contributed by atoms with van der Waals surface area (Å²) >= 11 is -1.72. The molecule has 0 spiro atoms. The van der Waals surface area contributed by atoms with Crippen LogP contribution in [0.25, 0.3) is 10.9 Å². The van der Waals surface area contributed by atoms with Gasteiger partial charge in [-0.15, -0.1) is 0 Å². The first-order chi connectivity index (χ1) is 21.0. The third-order valence-corrected chi connectivity index (χ3v) is 7.93. The van der Waals surface area contributed by atoms with Gasteiger partial charge in [-0.05, 0) is 48.9 Å². The molecule has 0 radical (unpaired) electrons. The van der Waals surface area contributed by atoms with Gasteiger partial charge in [-0.3, -0.25) is 4.79 Å². The maximum atomic E-state index is 15.1. The number of aryl methyl sites for hydroxylation is 1. The minimum atomic E-state index is -1.72. The molecule has 6 N–H and O–H groups in total. The van der Waals surface area contributed by atoms with Crippen molar-refractivity contribution in [1.82, 2.24) is 9.29 Å². The average molecular weight is 631 g/mol. The minimum absolute atomic E-state index is 0.0350. The number of morpholine rings is 1. The molecule has 1 aromatic heterocycles. The van der Waals surface area contributed by atoms with Crippen molar-refractivity contribution in [2.24, 2.45) is 5.73 Å². The Balaban J connectivity index is 1.36. The Labute approximate surface area is 251 Å². The number of nitrogens with zero attached hydrogens (tertiary/aromatic N) is 1. The molecule has 4 aromatic rings. The van der Waals surface area contributed by atoms with Crippen LogP contribution in [0.4, 0.5) is 28.9 Å². The molecule has 1 saturated heterocycles. The first kappa shape index (κ1) is 30.9. The van der Waals surface area contributed by atoms with Gasteiger partial charge in [-0.1, -0.05) is 10.4 Å². The van der Waals surface area contributed by atoms with E-state index in [9.17, 15) is 22.5 Å². The average Bonchev–Trinajstić information content (AvgIpc) is 3.41. The highest BCUT2D eigenvalue weighted by Gasteiger charge is 2.25. The lowest BCUT2D eigenvalue weighted by molar-refractivity contribution is 0.0733. The summed E-state index contributed by atoms with van der Waals surface area (Å²) in [6.45, 7) is 3.12. The van der Waals surface area contributed by atoms with Crippen molar-refractivity contribution in [3.8, 4) is 11.5 Å². The third-order valence-electron chi connectivity index (χ3n) is 6.70. The number of nitrogens with two attached hydrogens (primary N) is 1. The van der Waals surface area contributed by atoms with E-state index in [0.717, 1.165) is 18.2 Å². The van der Waals surface area contributed by atoms with Gasteiger partial charge in [0.1, 0.15) is 17.3 Å². The van der Waals surface area contributed by atoms with Gasteiger partial charge in [0.05, 0.1) is 43.3 Å². The lowest BCUT2D eigenvalue weighted by Gasteiger charge is -2.26. The van der Waals surface area contributed by atoms with Crippen LogP contribution in [0.15, 0.2) is 59.9 Å². The van der Waals surface area contributed by atoms with E-state index >= 15 is 4.39 Å². The van der Waals surface area contributed by atoms with Crippen molar-refractivity contribution in [2.45, 2.75) is 6.92 Å². The highest BCUT2D eigenvalue weighted by molar-refractivity contribution is 7.90. The van der Waals surface area contributed by atoms with Gasteiger partial charge in [-0.2, -0.15) is 9.11 Å². The number of benzene rings is 3. The normalized spacial score (nSPS) is 15.0. The van der Waals surface area contributed by atoms with Crippen molar-refractivity contribution in [2.75, 3.05) is 36.3 Å². The number of rotatable bonds is 10. The summed E-state index contributed by atoms with van der Waals surface area (Å²) in [5, 5.41) is 10.7. The van der Waals surface area contributed by atoms with Gasteiger partial charge < -0.3 is 35.5 Å². The summed E-state index contributed by atoms with van der Waals surface area (Å²) in [7, 11) is 0. The summed E-state index contributed by atoms with van der Waals surface area (Å²) in [6, 6.07) is 9.50. The number of hydrogen-bond donors (Lipinski definition) is 5. The van der Waals surface area contributed by atoms with Crippen LogP contribution in [0.2, 0.25) is 0 Å². The zero-order valence-corrected chi connectivity index (χ0v) is 23.9. The number of anilines is 2. The van der Waals surface area contributed by atoms with Gasteiger partial charge in [0, 0.05) is 23.2 Å². The van der Waals surface area contributed by atoms with E-state index in [0.29, 0.717) is 43.4 Å². The van der Waals surface area contributed by atoms with Crippen molar-refractivity contribution < 1.29 is 36.4 Å². The predicted octanol–water partition coefficient (Wildman–Crippen LogP) is 5.26. The Morgan fingerprint density at radius 1 is 1.11 bits per heavy atom. The second-order valence-electron chi connectivity index (χ2n) is 9.67. The van der Waals surface area contributed by atoms with Crippen molar-refractivity contribution >= 4 is 45.8 Å². The predicted molar refractivity (Wildman–Crippen MR) is 158 cm³/mol. The maximum absolute atomic E-state index is 15.1. The lowest BCUT2D eigenvalue weighted by atomic mass is 10.1. The number of fused-ring (bicyclic) bond motifs is 1. The molecule has 1 atom stereocenters. The van der Waals surface area contributed by atoms with E-state index in [-0.39, 0.29) is 39.8 Å². The molecule has 44 heavy (non-hydrogen) atoms. The molecule has 230 valence electrons. The third kappa shape index (κ3) is 6.50. The van der Waals surface area contributed by atoms with E-state index in [1.807, 2.05) is 0 Å². The molecule has 1 aliphatic rings. The number of aromatic amines is 1. The second kappa shape index (κ2) is 13.0. The largest absolute Gasteiger partial charge is 0.573 e. The van der Waals surface area contributed by atoms with Crippen LogP contribution >= 0.6 is 0 Å². The molecule has 3 aromatic carbocycles. The number of hydrogen-bond acceptors (Lipinski definition) is 9. The van der Waals surface area contributed by atoms with Gasteiger partial charge in [0.15, 0.2) is 34.7 Å². The topological polar surface area (TPSA) is 152 Å². The van der Waals surface area contributed by atoms with Crippen LogP contribution in [-0.4, -0.2) is 52.1 Å². The van der Waals surface area contributed by atoms with Crippen LogP contribution in [0.1, 0.15) is 16.1 Å². The van der Waals surface area contributed by atoms with E-state index < -0.39 is 46.3 Å². The summed E-state index contributed by atoms with van der Waals surface area (Å²) in [6.07, 6.45) is 0.687. The fraction of sp³-hybridized carbons (Fsp3) is 0.172. The Kier molecular flexibility index (Phi) is 9.10. The number of ether oxygens (including phenoxy) is 2. The molecule has 10 nitrogen and oxygen atoms in total. The van der Waals surface area contributed by atoms with E-state index in [2.05, 4.69) is 15.0 Å². The SMILES string of the molecule is Cc1cc(Oc2cccc(F)c2F)cc(F)c1N/C(N)=C(\C=N)C(=O)c1cc2cc(F)c(N[S+]([O-])N3CCOCC3)cc2[nH]1. The van der Waals surface area contributed by atoms with E-state index in [1.54, 1.807) is 4.31 Å². The summed E-state index contributed by atoms with van der Waals surface area (Å²) < 4.78 is 84.8. The smallest absolute Gasteiger partial charge is 0.214 e. The van der Waals surface area contributed by atoms with Crippen molar-refractivity contribution in [3.63, 3.8) is 0 Å². The Morgan fingerprint density at radius 2 is 1.86 bits per heavy atom. The fourth-order valence-corrected chi connectivity index (χ4v) is 5.41. The molecule has 0 saturated carbocycles. The number of H-pyrrole nitrogens is 1. The first-order valence-electron chi connectivity index (χ1n) is 13.1. The Hall–Kier alpha value is -4.57. The first-order valence-corrected chi connectivity index (χ1v) is 14.2. The Morgan fingerprint density at radius 3 is 2.57 bits per heavy atom. The van der Waals surface area contributed by atoms with Gasteiger partial charge in [-0.25, -0.2) is 13.2 Å². The van der Waals surface area contributed by atoms with Crippen LogP contribution in [0, 0.1) is 35.6 Å². The van der Waals surface area contributed by atoms with Crippen LogP contribution < -0.4 is 20.5 Å². The number of allylic oxidation sites excluding steroid dienone is 1. The van der Waals surface area contributed by atoms with E-state index in [1.165, 1.54) is 37.3 Å². The molecule has 1 unspecified atom stereocenters. The lowest BCUT2D eigenvalue weighted by Crippen LogP contribution is -2.43. The molecule has 1 fully saturated rings. The van der Waals surface area contributed by atoms with Gasteiger partial charge in [0.25, 0.3) is 0 Å². The zero-order valence-electron chi connectivity index (χ0n) is 23.1. The zero-order chi connectivity index (χ0) is 31.5. The molecular formula is C29H26F4N6O4S. The fourth-order valence-electron chi connectivity index (χ4n) is 4.46. The van der Waals surface area contributed by atoms with E-state index in [4.69, 9.17) is 20.6 Å². The number of Topliss-reactive ketones (excluding diaryl/α,β-unsaturated/α-hetero) is 1. The number of aromatic nitrogens is 1. The van der Waals surface area contributed by atoms with Crippen LogP contribution in [-0.2, 0) is 16.3 Å². The minimum Gasteiger partial charge on any atom is -0.573 e. The Bertz CT molecular complexity index is 1750. The standard InChI is InChI=1S/C29H26F4N6O4S/c1-15-9-17(43-25-4-2-3-19(30)26(25)33)12-21(32)27(15)37-29(35)18(14-34)28(40)24-11-16-10-20(31)23(13-22(16)36-24)38-44(41)39-5-7-42-8-6-39/h2-4,9-14,34,36-38H,5-8,35H2,1H3/b29-18+,34-14?. The molecule has 0 bridgehead atoms. The molecule has 0 aliphatic carbocycles. The number of halogens is 4. The summed E-state index contributed by atoms with van der Waals surface area (Å²) in [5.74, 6) is -5.59. The maximum Gasteiger partial charge on any atom is 0.214 e. The van der Waals surface area contributed by atoms with Gasteiger partial charge in [0.2, 0.25) is 11.6 Å². The molecule has 1 aliphatic heterocycles. The van der Waals surface area contributed by atoms with Crippen LogP contribution in [0.5, 0.6) is 11.5 Å². The number of carbonyl (C=O) groups is 1. The molecule has 15 heteroatoms. The number of nitrogens with one attached hydrogen (secondary N) is 4. The number of ketones is 1. The molecule has 0 amide bonds. The van der Waals surface area contributed by atoms with Crippen molar-refractivity contribution in [1.29, 1.82) is 5.41 Å². The second-order valence-corrected chi connectivity index (χ2v) is 10.9. The highest BCUT2D eigenvalue weighted by Crippen LogP contribution is 2.32. The highest BCUT2D eigenvalue weighted by atomic mass is 32.2. The summed E-state index contributed by atoms with van der Waals surface area (Å²) in [4.78, 5) is 16.2. The summed E-state index contributed by atoms with van der Waals surface area (Å²) in [5.41, 5.74) is 6.11.